The Balaban J connectivity index is 2.01. The van der Waals surface area contributed by atoms with E-state index in [2.05, 4.69) is 20.5 Å². The molecule has 2 rings (SSSR count). The summed E-state index contributed by atoms with van der Waals surface area (Å²) >= 11 is 0. The van der Waals surface area contributed by atoms with Crippen molar-refractivity contribution in [1.29, 1.82) is 0 Å². The van der Waals surface area contributed by atoms with Crippen LogP contribution in [0, 0.1) is 0 Å². The lowest BCUT2D eigenvalue weighted by Gasteiger charge is -2.10. The highest BCUT2D eigenvalue weighted by atomic mass is 16.5. The van der Waals surface area contributed by atoms with Gasteiger partial charge in [-0.05, 0) is 18.6 Å². The molecule has 4 N–H and O–H groups in total. The Morgan fingerprint density at radius 2 is 2.25 bits per heavy atom. The second-order valence-electron chi connectivity index (χ2n) is 4.17. The van der Waals surface area contributed by atoms with Crippen LogP contribution in [0.4, 0.5) is 5.95 Å². The minimum atomic E-state index is -0.230. The first kappa shape index (κ1) is 13.9. The van der Waals surface area contributed by atoms with Gasteiger partial charge in [-0.15, -0.1) is 5.10 Å². The van der Waals surface area contributed by atoms with Crippen LogP contribution in [-0.2, 0) is 6.54 Å². The predicted octanol–water partition coefficient (Wildman–Crippen LogP) is 1.11. The molecule has 0 fully saturated rings. The summed E-state index contributed by atoms with van der Waals surface area (Å²) in [6.45, 7) is 2.81. The van der Waals surface area contributed by atoms with E-state index in [1.54, 1.807) is 18.2 Å². The number of benzene rings is 1. The summed E-state index contributed by atoms with van der Waals surface area (Å²) in [6.07, 6.45) is 0.882. The number of hydrogen-bond donors (Lipinski definition) is 3. The standard InChI is InChI=1S/C13H17N5O2/c1-2-7-20-10-6-4-3-5-9(10)12(19)15-8-11-16-13(14)18-17-11/h3-6H,2,7-8H2,1H3,(H,15,19)(H3,14,16,17,18). The lowest BCUT2D eigenvalue weighted by molar-refractivity contribution is 0.0946. The third kappa shape index (κ3) is 3.47. The zero-order chi connectivity index (χ0) is 14.4. The normalized spacial score (nSPS) is 10.2. The third-order valence-corrected chi connectivity index (χ3v) is 2.56. The second-order valence-corrected chi connectivity index (χ2v) is 4.17. The van der Waals surface area contributed by atoms with Gasteiger partial charge in [-0.3, -0.25) is 9.89 Å². The molecule has 0 spiro atoms. The number of nitrogens with two attached hydrogens (primary N) is 1. The summed E-state index contributed by atoms with van der Waals surface area (Å²) in [5.41, 5.74) is 5.88. The van der Waals surface area contributed by atoms with E-state index >= 15 is 0 Å². The van der Waals surface area contributed by atoms with Gasteiger partial charge in [0.15, 0.2) is 0 Å². The minimum absolute atomic E-state index is 0.154. The van der Waals surface area contributed by atoms with Crippen LogP contribution >= 0.6 is 0 Å². The quantitative estimate of drug-likeness (QED) is 0.732. The van der Waals surface area contributed by atoms with E-state index in [0.717, 1.165) is 6.42 Å². The van der Waals surface area contributed by atoms with Crippen molar-refractivity contribution in [2.45, 2.75) is 19.9 Å². The van der Waals surface area contributed by atoms with Crippen molar-refractivity contribution in [3.63, 3.8) is 0 Å². The first-order chi connectivity index (χ1) is 9.70. The van der Waals surface area contributed by atoms with Crippen molar-refractivity contribution >= 4 is 11.9 Å². The molecule has 1 aromatic heterocycles. The van der Waals surface area contributed by atoms with Crippen molar-refractivity contribution in [3.05, 3.63) is 35.7 Å². The van der Waals surface area contributed by atoms with Crippen LogP contribution in [0.15, 0.2) is 24.3 Å². The van der Waals surface area contributed by atoms with Crippen molar-refractivity contribution in [2.75, 3.05) is 12.3 Å². The molecule has 7 heteroatoms. The van der Waals surface area contributed by atoms with E-state index in [1.165, 1.54) is 0 Å². The van der Waals surface area contributed by atoms with Gasteiger partial charge in [0.25, 0.3) is 5.91 Å². The highest BCUT2D eigenvalue weighted by Gasteiger charge is 2.12. The molecule has 0 unspecified atom stereocenters. The number of aromatic nitrogens is 3. The van der Waals surface area contributed by atoms with Gasteiger partial charge in [0.2, 0.25) is 5.95 Å². The Morgan fingerprint density at radius 1 is 1.45 bits per heavy atom. The topological polar surface area (TPSA) is 106 Å². The van der Waals surface area contributed by atoms with E-state index in [4.69, 9.17) is 10.5 Å². The van der Waals surface area contributed by atoms with Crippen LogP contribution in [0.5, 0.6) is 5.75 Å². The highest BCUT2D eigenvalue weighted by Crippen LogP contribution is 2.18. The fraction of sp³-hybridized carbons (Fsp3) is 0.308. The fourth-order valence-electron chi connectivity index (χ4n) is 1.64. The maximum Gasteiger partial charge on any atom is 0.255 e. The molecule has 1 amide bonds. The SMILES string of the molecule is CCCOc1ccccc1C(=O)NCc1nc(N)n[nH]1. The average molecular weight is 275 g/mol. The summed E-state index contributed by atoms with van der Waals surface area (Å²) in [4.78, 5) is 16.0. The van der Waals surface area contributed by atoms with E-state index in [0.29, 0.717) is 23.7 Å². The van der Waals surface area contributed by atoms with Gasteiger partial charge in [-0.25, -0.2) is 0 Å². The number of anilines is 1. The molecule has 1 heterocycles. The number of aromatic amines is 1. The van der Waals surface area contributed by atoms with E-state index in [1.807, 2.05) is 13.0 Å². The van der Waals surface area contributed by atoms with Gasteiger partial charge in [0.1, 0.15) is 11.6 Å². The number of nitrogens with zero attached hydrogens (tertiary/aromatic N) is 2. The summed E-state index contributed by atoms with van der Waals surface area (Å²) < 4.78 is 5.55. The molecule has 0 aliphatic heterocycles. The minimum Gasteiger partial charge on any atom is -0.493 e. The van der Waals surface area contributed by atoms with Crippen molar-refractivity contribution in [1.82, 2.24) is 20.5 Å². The Bertz CT molecular complexity index is 582. The van der Waals surface area contributed by atoms with Crippen molar-refractivity contribution in [3.8, 4) is 5.75 Å². The Morgan fingerprint density at radius 3 is 2.95 bits per heavy atom. The van der Waals surface area contributed by atoms with Crippen molar-refractivity contribution < 1.29 is 9.53 Å². The molecular formula is C13H17N5O2. The maximum atomic E-state index is 12.1. The van der Waals surface area contributed by atoms with E-state index in [9.17, 15) is 4.79 Å². The highest BCUT2D eigenvalue weighted by molar-refractivity contribution is 5.96. The number of nitrogen functional groups attached to an aromatic ring is 1. The van der Waals surface area contributed by atoms with E-state index < -0.39 is 0 Å². The van der Waals surface area contributed by atoms with Gasteiger partial charge in [0, 0.05) is 0 Å². The van der Waals surface area contributed by atoms with Crippen LogP contribution in [0.3, 0.4) is 0 Å². The Labute approximate surface area is 116 Å². The second kappa shape index (κ2) is 6.55. The number of rotatable bonds is 6. The number of hydrogen-bond acceptors (Lipinski definition) is 5. The van der Waals surface area contributed by atoms with Gasteiger partial charge < -0.3 is 15.8 Å². The molecule has 0 aliphatic rings. The number of amides is 1. The molecular weight excluding hydrogens is 258 g/mol. The molecule has 7 nitrogen and oxygen atoms in total. The molecule has 0 atom stereocenters. The third-order valence-electron chi connectivity index (χ3n) is 2.56. The van der Waals surface area contributed by atoms with Gasteiger partial charge in [-0.2, -0.15) is 4.98 Å². The lowest BCUT2D eigenvalue weighted by atomic mass is 10.2. The van der Waals surface area contributed by atoms with Crippen LogP contribution in [0.2, 0.25) is 0 Å². The van der Waals surface area contributed by atoms with Crippen LogP contribution in [0.1, 0.15) is 29.5 Å². The monoisotopic (exact) mass is 275 g/mol. The smallest absolute Gasteiger partial charge is 0.255 e. The van der Waals surface area contributed by atoms with E-state index in [-0.39, 0.29) is 18.4 Å². The average Bonchev–Trinajstić information content (AvgIpc) is 2.88. The molecule has 0 saturated carbocycles. The van der Waals surface area contributed by atoms with Crippen LogP contribution in [-0.4, -0.2) is 27.7 Å². The summed E-state index contributed by atoms with van der Waals surface area (Å²) in [5.74, 6) is 0.999. The number of nitrogens with one attached hydrogen (secondary N) is 2. The summed E-state index contributed by atoms with van der Waals surface area (Å²) in [6, 6.07) is 7.12. The zero-order valence-corrected chi connectivity index (χ0v) is 11.2. The molecule has 0 bridgehead atoms. The molecule has 0 saturated heterocycles. The Hall–Kier alpha value is -2.57. The van der Waals surface area contributed by atoms with Crippen molar-refractivity contribution in [2.24, 2.45) is 0 Å². The number of carbonyl (C=O) groups excluding carboxylic acids is 1. The van der Waals surface area contributed by atoms with Crippen LogP contribution in [0.25, 0.3) is 0 Å². The largest absolute Gasteiger partial charge is 0.493 e. The molecule has 1 aromatic carbocycles. The summed E-state index contributed by atoms with van der Waals surface area (Å²) in [5, 5.41) is 9.06. The number of carbonyl (C=O) groups is 1. The fourth-order valence-corrected chi connectivity index (χ4v) is 1.64. The van der Waals surface area contributed by atoms with Gasteiger partial charge >= 0.3 is 0 Å². The first-order valence-electron chi connectivity index (χ1n) is 6.37. The lowest BCUT2D eigenvalue weighted by Crippen LogP contribution is -2.24. The predicted molar refractivity (Wildman–Crippen MR) is 74.2 cm³/mol. The molecule has 106 valence electrons. The van der Waals surface area contributed by atoms with Gasteiger partial charge in [0.05, 0.1) is 18.7 Å². The number of H-pyrrole nitrogens is 1. The number of para-hydroxylation sites is 1. The molecule has 2 aromatic rings. The number of ether oxygens (including phenoxy) is 1. The molecule has 0 radical (unpaired) electrons. The maximum absolute atomic E-state index is 12.1. The van der Waals surface area contributed by atoms with Gasteiger partial charge in [-0.1, -0.05) is 19.1 Å². The summed E-state index contributed by atoms with van der Waals surface area (Å²) in [7, 11) is 0. The first-order valence-corrected chi connectivity index (χ1v) is 6.37. The Kier molecular flexibility index (Phi) is 4.54. The molecule has 20 heavy (non-hydrogen) atoms. The zero-order valence-electron chi connectivity index (χ0n) is 11.2. The molecule has 0 aliphatic carbocycles. The van der Waals surface area contributed by atoms with Crippen LogP contribution < -0.4 is 15.8 Å².